The van der Waals surface area contributed by atoms with Gasteiger partial charge in [-0.25, -0.2) is 0 Å². The molecule has 0 aliphatic carbocycles. The number of aliphatic imine (C=N–C) groups is 1. The van der Waals surface area contributed by atoms with Gasteiger partial charge in [-0.1, -0.05) is 28.1 Å². The first-order valence-electron chi connectivity index (χ1n) is 10.2. The zero-order chi connectivity index (χ0) is 22.8. The van der Waals surface area contributed by atoms with Crippen LogP contribution in [0.15, 0.2) is 76.5 Å². The Balaban J connectivity index is 1.82. The molecule has 0 saturated heterocycles. The molecule has 2 aromatic heterocycles. The van der Waals surface area contributed by atoms with Crippen LogP contribution in [0.1, 0.15) is 23.9 Å². The number of carbonyl (C=O) groups is 2. The molecule has 2 N–H and O–H groups in total. The molecule has 0 saturated carbocycles. The van der Waals surface area contributed by atoms with Crippen molar-refractivity contribution in [3.05, 3.63) is 88.4 Å². The maximum absolute atomic E-state index is 13.1. The Morgan fingerprint density at radius 3 is 2.28 bits per heavy atom. The summed E-state index contributed by atoms with van der Waals surface area (Å²) in [7, 11) is 0. The van der Waals surface area contributed by atoms with E-state index in [9.17, 15) is 9.59 Å². The first kappa shape index (κ1) is 23.3. The molecule has 0 aliphatic rings. The summed E-state index contributed by atoms with van der Waals surface area (Å²) in [5, 5.41) is 5.71. The molecule has 0 radical (unpaired) electrons. The van der Waals surface area contributed by atoms with Gasteiger partial charge < -0.3 is 10.6 Å². The number of hydrogen-bond acceptors (Lipinski definition) is 5. The van der Waals surface area contributed by atoms with Gasteiger partial charge in [0.1, 0.15) is 5.71 Å². The molecular weight excluding hydrogens is 470 g/mol. The highest BCUT2D eigenvalue weighted by Gasteiger charge is 2.18. The summed E-state index contributed by atoms with van der Waals surface area (Å²) in [6.07, 6.45) is 4.65. The van der Waals surface area contributed by atoms with Crippen molar-refractivity contribution in [1.82, 2.24) is 15.3 Å². The Bertz CT molecular complexity index is 1090. The van der Waals surface area contributed by atoms with Gasteiger partial charge in [0.25, 0.3) is 5.91 Å². The average Bonchev–Trinajstić information content (AvgIpc) is 2.79. The third kappa shape index (κ3) is 7.09. The second-order valence-electron chi connectivity index (χ2n) is 7.00. The van der Waals surface area contributed by atoms with Crippen LogP contribution in [-0.2, 0) is 22.4 Å². The van der Waals surface area contributed by atoms with E-state index in [0.29, 0.717) is 37.2 Å². The summed E-state index contributed by atoms with van der Waals surface area (Å²) in [6.45, 7) is 2.22. The monoisotopic (exact) mass is 493 g/mol. The number of amides is 2. The quantitative estimate of drug-likeness (QED) is 0.445. The van der Waals surface area contributed by atoms with Crippen LogP contribution >= 0.6 is 15.9 Å². The third-order valence-corrected chi connectivity index (χ3v) is 5.01. The number of anilines is 1. The summed E-state index contributed by atoms with van der Waals surface area (Å²) in [5.41, 5.74) is 3.11. The van der Waals surface area contributed by atoms with E-state index in [4.69, 9.17) is 0 Å². The van der Waals surface area contributed by atoms with Crippen LogP contribution in [0.5, 0.6) is 0 Å². The van der Waals surface area contributed by atoms with Crippen LogP contribution in [0.4, 0.5) is 5.69 Å². The number of pyridine rings is 2. The number of carbonyl (C=O) groups excluding carboxylic acids is 2. The summed E-state index contributed by atoms with van der Waals surface area (Å²) in [5.74, 6) is -0.538. The molecule has 0 atom stereocenters. The molecular formula is C24H24BrN5O2. The van der Waals surface area contributed by atoms with Gasteiger partial charge in [-0.2, -0.15) is 0 Å². The minimum absolute atomic E-state index is 0.225. The zero-order valence-electron chi connectivity index (χ0n) is 17.7. The van der Waals surface area contributed by atoms with Crippen molar-refractivity contribution in [3.63, 3.8) is 0 Å². The van der Waals surface area contributed by atoms with Crippen LogP contribution < -0.4 is 10.6 Å². The highest BCUT2D eigenvalue weighted by atomic mass is 79.9. The smallest absolute Gasteiger partial charge is 0.270 e. The molecule has 0 bridgehead atoms. The van der Waals surface area contributed by atoms with Gasteiger partial charge in [-0.05, 0) is 42.5 Å². The average molecular weight is 494 g/mol. The van der Waals surface area contributed by atoms with E-state index in [0.717, 1.165) is 15.9 Å². The normalized spacial score (nSPS) is 11.1. The maximum atomic E-state index is 13.1. The van der Waals surface area contributed by atoms with Gasteiger partial charge in [-0.15, -0.1) is 0 Å². The Hall–Kier alpha value is -3.39. The molecule has 0 unspecified atom stereocenters. The van der Waals surface area contributed by atoms with E-state index < -0.39 is 0 Å². The number of hydrogen-bond donors (Lipinski definition) is 2. The Morgan fingerprint density at radius 1 is 0.969 bits per heavy atom. The van der Waals surface area contributed by atoms with Crippen LogP contribution in [-0.4, -0.2) is 40.6 Å². The minimum atomic E-state index is -0.313. The van der Waals surface area contributed by atoms with Crippen molar-refractivity contribution in [2.75, 3.05) is 18.4 Å². The van der Waals surface area contributed by atoms with E-state index >= 15 is 0 Å². The summed E-state index contributed by atoms with van der Waals surface area (Å²) in [4.78, 5) is 38.0. The van der Waals surface area contributed by atoms with Crippen molar-refractivity contribution < 1.29 is 9.59 Å². The lowest BCUT2D eigenvalue weighted by atomic mass is 10.1. The zero-order valence-corrected chi connectivity index (χ0v) is 19.3. The number of nitrogens with one attached hydrogen (secondary N) is 2. The number of nitrogens with zero attached hydrogens (tertiary/aromatic N) is 3. The molecule has 0 spiro atoms. The van der Waals surface area contributed by atoms with E-state index in [-0.39, 0.29) is 17.5 Å². The standard InChI is InChI=1S/C24H24BrN5O2/c1-17(31)30-22-9-8-18(25)16-21(22)23(28-14-10-19-6-2-4-12-26-19)24(32)29-15-11-20-7-3-5-13-27-20/h2-9,12-13,16H,10-11,14-15H2,1H3,(H,29,32)(H,30,31). The summed E-state index contributed by atoms with van der Waals surface area (Å²) >= 11 is 3.45. The van der Waals surface area contributed by atoms with Crippen molar-refractivity contribution in [2.45, 2.75) is 19.8 Å². The molecule has 3 rings (SSSR count). The predicted molar refractivity (Wildman–Crippen MR) is 129 cm³/mol. The first-order chi connectivity index (χ1) is 15.5. The SMILES string of the molecule is CC(=O)Nc1ccc(Br)cc1C(=NCCc1ccccn1)C(=O)NCCc1ccccn1. The molecule has 3 aromatic rings. The number of rotatable bonds is 9. The molecule has 0 aliphatic heterocycles. The van der Waals surface area contributed by atoms with Crippen LogP contribution in [0.25, 0.3) is 0 Å². The van der Waals surface area contributed by atoms with E-state index in [1.54, 1.807) is 30.6 Å². The summed E-state index contributed by atoms with van der Waals surface area (Å²) < 4.78 is 0.778. The van der Waals surface area contributed by atoms with E-state index in [1.807, 2.05) is 36.4 Å². The molecule has 1 aromatic carbocycles. The number of aromatic nitrogens is 2. The Morgan fingerprint density at radius 2 is 1.66 bits per heavy atom. The largest absolute Gasteiger partial charge is 0.350 e. The van der Waals surface area contributed by atoms with Crippen LogP contribution in [0.3, 0.4) is 0 Å². The lowest BCUT2D eigenvalue weighted by Crippen LogP contribution is -2.34. The molecule has 8 heteroatoms. The maximum Gasteiger partial charge on any atom is 0.270 e. The van der Waals surface area contributed by atoms with Crippen molar-refractivity contribution >= 4 is 39.1 Å². The fraction of sp³-hybridized carbons (Fsp3) is 0.208. The molecule has 32 heavy (non-hydrogen) atoms. The predicted octanol–water partition coefficient (Wildman–Crippen LogP) is 3.59. The van der Waals surface area contributed by atoms with Gasteiger partial charge in [0.15, 0.2) is 0 Å². The van der Waals surface area contributed by atoms with Crippen molar-refractivity contribution in [2.24, 2.45) is 4.99 Å². The second-order valence-corrected chi connectivity index (χ2v) is 7.92. The third-order valence-electron chi connectivity index (χ3n) is 4.52. The topological polar surface area (TPSA) is 96.3 Å². The Kier molecular flexibility index (Phi) is 8.62. The lowest BCUT2D eigenvalue weighted by Gasteiger charge is -2.14. The lowest BCUT2D eigenvalue weighted by molar-refractivity contribution is -0.115. The van der Waals surface area contributed by atoms with Gasteiger partial charge >= 0.3 is 0 Å². The van der Waals surface area contributed by atoms with E-state index in [1.165, 1.54) is 6.92 Å². The Labute approximate surface area is 195 Å². The molecule has 2 heterocycles. The van der Waals surface area contributed by atoms with Gasteiger partial charge in [0, 0.05) is 66.7 Å². The fourth-order valence-electron chi connectivity index (χ4n) is 3.05. The van der Waals surface area contributed by atoms with Gasteiger partial charge in [0.2, 0.25) is 5.91 Å². The number of halogens is 1. The fourth-order valence-corrected chi connectivity index (χ4v) is 3.41. The molecule has 7 nitrogen and oxygen atoms in total. The summed E-state index contributed by atoms with van der Waals surface area (Å²) in [6, 6.07) is 16.7. The van der Waals surface area contributed by atoms with E-state index in [2.05, 4.69) is 41.5 Å². The van der Waals surface area contributed by atoms with Crippen LogP contribution in [0.2, 0.25) is 0 Å². The molecule has 0 fully saturated rings. The molecule has 2 amide bonds. The first-order valence-corrected chi connectivity index (χ1v) is 11.0. The number of benzene rings is 1. The highest BCUT2D eigenvalue weighted by Crippen LogP contribution is 2.22. The van der Waals surface area contributed by atoms with Gasteiger partial charge in [-0.3, -0.25) is 24.5 Å². The van der Waals surface area contributed by atoms with Crippen molar-refractivity contribution in [3.8, 4) is 0 Å². The highest BCUT2D eigenvalue weighted by molar-refractivity contribution is 9.10. The second kappa shape index (κ2) is 11.9. The minimum Gasteiger partial charge on any atom is -0.350 e. The molecule has 164 valence electrons. The van der Waals surface area contributed by atoms with Crippen molar-refractivity contribution in [1.29, 1.82) is 0 Å². The van der Waals surface area contributed by atoms with Crippen LogP contribution in [0, 0.1) is 0 Å². The van der Waals surface area contributed by atoms with Gasteiger partial charge in [0.05, 0.1) is 5.69 Å².